The molecule has 0 aliphatic heterocycles. The molecular weight excluding hydrogens is 264 g/mol. The lowest BCUT2D eigenvalue weighted by Gasteiger charge is -2.05. The minimum Gasteiger partial charge on any atom is -0.484 e. The molecule has 2 aromatic carbocycles. The van der Waals surface area contributed by atoms with Crippen molar-refractivity contribution in [2.75, 3.05) is 0 Å². The molecule has 4 heteroatoms. The molecule has 0 atom stereocenters. The van der Waals surface area contributed by atoms with Gasteiger partial charge in [-0.3, -0.25) is 0 Å². The molecule has 106 valence electrons. The molecule has 3 rings (SSSR count). The summed E-state index contributed by atoms with van der Waals surface area (Å²) in [6.45, 7) is 2.29. The lowest BCUT2D eigenvalue weighted by molar-refractivity contribution is 0.258. The van der Waals surface area contributed by atoms with E-state index >= 15 is 0 Å². The van der Waals surface area contributed by atoms with Gasteiger partial charge in [-0.1, -0.05) is 48.5 Å². The number of aromatic nitrogens is 2. The van der Waals surface area contributed by atoms with E-state index in [9.17, 15) is 0 Å². The molecule has 0 spiro atoms. The van der Waals surface area contributed by atoms with Crippen LogP contribution in [0.5, 0.6) is 5.75 Å². The monoisotopic (exact) mass is 280 g/mol. The van der Waals surface area contributed by atoms with Crippen LogP contribution in [0.1, 0.15) is 22.9 Å². The van der Waals surface area contributed by atoms with Gasteiger partial charge in [0.1, 0.15) is 5.75 Å². The summed E-state index contributed by atoms with van der Waals surface area (Å²) in [6, 6.07) is 17.9. The highest BCUT2D eigenvalue weighted by molar-refractivity contribution is 5.31. The van der Waals surface area contributed by atoms with Gasteiger partial charge in [0.15, 0.2) is 6.61 Å². The Morgan fingerprint density at radius 2 is 1.62 bits per heavy atom. The molecule has 21 heavy (non-hydrogen) atoms. The van der Waals surface area contributed by atoms with E-state index in [0.717, 1.165) is 16.9 Å². The Balaban J connectivity index is 1.62. The number of para-hydroxylation sites is 1. The molecule has 0 fully saturated rings. The molecule has 0 N–H and O–H groups in total. The number of hydrogen-bond donors (Lipinski definition) is 0. The Morgan fingerprint density at radius 1 is 0.905 bits per heavy atom. The summed E-state index contributed by atoms with van der Waals surface area (Å²) in [7, 11) is 0. The van der Waals surface area contributed by atoms with Crippen LogP contribution >= 0.6 is 0 Å². The predicted octanol–water partition coefficient (Wildman–Crippen LogP) is 3.55. The third-order valence-corrected chi connectivity index (χ3v) is 3.15. The summed E-state index contributed by atoms with van der Waals surface area (Å²) >= 11 is 0. The van der Waals surface area contributed by atoms with Crippen molar-refractivity contribution in [2.24, 2.45) is 0 Å². The Labute approximate surface area is 123 Å². The number of ether oxygens (including phenoxy) is 1. The summed E-state index contributed by atoms with van der Waals surface area (Å²) < 4.78 is 11.3. The van der Waals surface area contributed by atoms with Crippen molar-refractivity contribution in [1.29, 1.82) is 0 Å². The molecule has 0 radical (unpaired) electrons. The predicted molar refractivity (Wildman–Crippen MR) is 79.1 cm³/mol. The van der Waals surface area contributed by atoms with Crippen molar-refractivity contribution in [3.8, 4) is 5.75 Å². The molecule has 1 aromatic heterocycles. The van der Waals surface area contributed by atoms with E-state index in [1.165, 1.54) is 0 Å². The van der Waals surface area contributed by atoms with Crippen molar-refractivity contribution in [2.45, 2.75) is 20.0 Å². The second-order valence-corrected chi connectivity index (χ2v) is 4.81. The fourth-order valence-electron chi connectivity index (χ4n) is 2.05. The Bertz CT molecular complexity index is 708. The SMILES string of the molecule is Cc1ccccc1OCc1nnc(Cc2ccccc2)o1. The van der Waals surface area contributed by atoms with Gasteiger partial charge in [0.25, 0.3) is 5.89 Å². The van der Waals surface area contributed by atoms with E-state index in [1.807, 2.05) is 61.5 Å². The third kappa shape index (κ3) is 3.48. The molecule has 0 unspecified atom stereocenters. The molecule has 3 aromatic rings. The topological polar surface area (TPSA) is 48.2 Å². The minimum absolute atomic E-state index is 0.284. The van der Waals surface area contributed by atoms with Crippen molar-refractivity contribution in [1.82, 2.24) is 10.2 Å². The van der Waals surface area contributed by atoms with Gasteiger partial charge in [0.2, 0.25) is 5.89 Å². The summed E-state index contributed by atoms with van der Waals surface area (Å²) in [4.78, 5) is 0. The molecule has 0 saturated carbocycles. The molecule has 0 saturated heterocycles. The number of aryl methyl sites for hydroxylation is 1. The van der Waals surface area contributed by atoms with Crippen LogP contribution in [0.4, 0.5) is 0 Å². The summed E-state index contributed by atoms with van der Waals surface area (Å²) in [5, 5.41) is 8.06. The number of hydrogen-bond acceptors (Lipinski definition) is 4. The fraction of sp³-hybridized carbons (Fsp3) is 0.176. The Morgan fingerprint density at radius 3 is 2.43 bits per heavy atom. The first-order valence-electron chi connectivity index (χ1n) is 6.85. The zero-order valence-corrected chi connectivity index (χ0v) is 11.8. The highest BCUT2D eigenvalue weighted by Crippen LogP contribution is 2.17. The highest BCUT2D eigenvalue weighted by atomic mass is 16.5. The maximum atomic E-state index is 5.69. The summed E-state index contributed by atoms with van der Waals surface area (Å²) in [6.07, 6.45) is 0.637. The second-order valence-electron chi connectivity index (χ2n) is 4.81. The van der Waals surface area contributed by atoms with Crippen molar-refractivity contribution >= 4 is 0 Å². The molecule has 4 nitrogen and oxygen atoms in total. The molecule has 0 aliphatic rings. The van der Waals surface area contributed by atoms with Gasteiger partial charge >= 0.3 is 0 Å². The lowest BCUT2D eigenvalue weighted by Crippen LogP contribution is -1.97. The van der Waals surface area contributed by atoms with Gasteiger partial charge in [0.05, 0.1) is 6.42 Å². The van der Waals surface area contributed by atoms with Crippen LogP contribution in [0.2, 0.25) is 0 Å². The lowest BCUT2D eigenvalue weighted by atomic mass is 10.2. The van der Waals surface area contributed by atoms with Crippen molar-refractivity contribution in [3.05, 3.63) is 77.5 Å². The average Bonchev–Trinajstić information content (AvgIpc) is 2.95. The van der Waals surface area contributed by atoms with Gasteiger partial charge in [-0.25, -0.2) is 0 Å². The standard InChI is InChI=1S/C17H16N2O2/c1-13-7-5-6-10-15(13)20-12-17-19-18-16(21-17)11-14-8-3-2-4-9-14/h2-10H,11-12H2,1H3. The zero-order valence-electron chi connectivity index (χ0n) is 11.8. The molecular formula is C17H16N2O2. The Kier molecular flexibility index (Phi) is 3.96. The zero-order chi connectivity index (χ0) is 14.5. The maximum absolute atomic E-state index is 5.69. The number of nitrogens with zero attached hydrogens (tertiary/aromatic N) is 2. The maximum Gasteiger partial charge on any atom is 0.253 e. The quantitative estimate of drug-likeness (QED) is 0.717. The van der Waals surface area contributed by atoms with Gasteiger partial charge in [-0.15, -0.1) is 10.2 Å². The molecule has 0 aliphatic carbocycles. The normalized spacial score (nSPS) is 10.5. The van der Waals surface area contributed by atoms with E-state index in [-0.39, 0.29) is 6.61 Å². The summed E-state index contributed by atoms with van der Waals surface area (Å²) in [5.74, 6) is 1.93. The van der Waals surface area contributed by atoms with Crippen molar-refractivity contribution in [3.63, 3.8) is 0 Å². The van der Waals surface area contributed by atoms with E-state index in [4.69, 9.17) is 9.15 Å². The van der Waals surface area contributed by atoms with Crippen LogP contribution < -0.4 is 4.74 Å². The number of rotatable bonds is 5. The first-order valence-corrected chi connectivity index (χ1v) is 6.85. The van der Waals surface area contributed by atoms with Gasteiger partial charge in [-0.2, -0.15) is 0 Å². The molecule has 0 bridgehead atoms. The van der Waals surface area contributed by atoms with Crippen molar-refractivity contribution < 1.29 is 9.15 Å². The van der Waals surface area contributed by atoms with E-state index in [0.29, 0.717) is 18.2 Å². The third-order valence-electron chi connectivity index (χ3n) is 3.15. The van der Waals surface area contributed by atoms with Crippen LogP contribution in [0, 0.1) is 6.92 Å². The van der Waals surface area contributed by atoms with Crippen LogP contribution in [0.25, 0.3) is 0 Å². The molecule has 0 amide bonds. The molecule has 1 heterocycles. The van der Waals surface area contributed by atoms with Gasteiger partial charge in [-0.05, 0) is 24.1 Å². The van der Waals surface area contributed by atoms with E-state index < -0.39 is 0 Å². The van der Waals surface area contributed by atoms with Crippen LogP contribution in [0.3, 0.4) is 0 Å². The fourth-order valence-corrected chi connectivity index (χ4v) is 2.05. The van der Waals surface area contributed by atoms with Crippen LogP contribution in [-0.4, -0.2) is 10.2 Å². The van der Waals surface area contributed by atoms with E-state index in [1.54, 1.807) is 0 Å². The Hall–Kier alpha value is -2.62. The average molecular weight is 280 g/mol. The summed E-state index contributed by atoms with van der Waals surface area (Å²) in [5.41, 5.74) is 2.23. The smallest absolute Gasteiger partial charge is 0.253 e. The first kappa shape index (κ1) is 13.4. The van der Waals surface area contributed by atoms with Gasteiger partial charge < -0.3 is 9.15 Å². The van der Waals surface area contributed by atoms with Gasteiger partial charge in [0, 0.05) is 0 Å². The van der Waals surface area contributed by atoms with Crippen LogP contribution in [0.15, 0.2) is 59.0 Å². The first-order chi connectivity index (χ1) is 10.3. The van der Waals surface area contributed by atoms with Crippen LogP contribution in [-0.2, 0) is 13.0 Å². The van der Waals surface area contributed by atoms with E-state index in [2.05, 4.69) is 10.2 Å². The number of benzene rings is 2. The largest absolute Gasteiger partial charge is 0.484 e. The highest BCUT2D eigenvalue weighted by Gasteiger charge is 2.08. The minimum atomic E-state index is 0.284. The second kappa shape index (κ2) is 6.22.